The van der Waals surface area contributed by atoms with E-state index in [1.54, 1.807) is 0 Å². The molecule has 1 fully saturated rings. The average Bonchev–Trinajstić information content (AvgIpc) is 2.46. The first-order chi connectivity index (χ1) is 10.1. The zero-order valence-electron chi connectivity index (χ0n) is 12.4. The maximum Gasteiger partial charge on any atom is 0.337 e. The molecule has 3 rings (SSSR count). The van der Waals surface area contributed by atoms with Gasteiger partial charge in [0.15, 0.2) is 0 Å². The Morgan fingerprint density at radius 3 is 2.43 bits per heavy atom. The molecule has 0 aliphatic carbocycles. The Kier molecular flexibility index (Phi) is 3.53. The summed E-state index contributed by atoms with van der Waals surface area (Å²) in [5.41, 5.74) is 0.270. The van der Waals surface area contributed by atoms with E-state index < -0.39 is 5.97 Å². The summed E-state index contributed by atoms with van der Waals surface area (Å²) >= 11 is 0. The first kappa shape index (κ1) is 13.9. The number of piperidine rings is 1. The Morgan fingerprint density at radius 2 is 1.81 bits per heavy atom. The van der Waals surface area contributed by atoms with Crippen LogP contribution in [0.5, 0.6) is 0 Å². The van der Waals surface area contributed by atoms with E-state index in [2.05, 4.69) is 23.7 Å². The van der Waals surface area contributed by atoms with E-state index in [1.807, 2.05) is 24.3 Å². The quantitative estimate of drug-likeness (QED) is 0.913. The van der Waals surface area contributed by atoms with E-state index in [0.29, 0.717) is 12.1 Å². The van der Waals surface area contributed by atoms with Gasteiger partial charge in [0, 0.05) is 29.1 Å². The molecule has 2 atom stereocenters. The zero-order valence-corrected chi connectivity index (χ0v) is 12.4. The molecule has 21 heavy (non-hydrogen) atoms. The van der Waals surface area contributed by atoms with Crippen molar-refractivity contribution < 1.29 is 9.90 Å². The Balaban J connectivity index is 2.20. The van der Waals surface area contributed by atoms with Crippen molar-refractivity contribution in [1.29, 1.82) is 0 Å². The number of carbonyl (C=O) groups is 1. The van der Waals surface area contributed by atoms with Gasteiger partial charge in [0.05, 0.1) is 5.56 Å². The number of carboxylic acid groups (broad SMARTS) is 1. The molecule has 0 spiro atoms. The molecule has 0 saturated carbocycles. The maximum absolute atomic E-state index is 11.4. The molecular formula is C17H20N2O2. The minimum atomic E-state index is -0.926. The number of aromatic carboxylic acids is 1. The fourth-order valence-corrected chi connectivity index (χ4v) is 3.39. The van der Waals surface area contributed by atoms with Crippen LogP contribution in [0.2, 0.25) is 0 Å². The van der Waals surface area contributed by atoms with Gasteiger partial charge in [-0.25, -0.2) is 9.78 Å². The highest BCUT2D eigenvalue weighted by Gasteiger charge is 2.27. The number of pyridine rings is 1. The van der Waals surface area contributed by atoms with Gasteiger partial charge in [0.1, 0.15) is 5.82 Å². The normalized spacial score (nSPS) is 22.5. The van der Waals surface area contributed by atoms with Crippen molar-refractivity contribution in [3.8, 4) is 0 Å². The van der Waals surface area contributed by atoms with Crippen molar-refractivity contribution >= 4 is 22.6 Å². The summed E-state index contributed by atoms with van der Waals surface area (Å²) in [6, 6.07) is 8.52. The third kappa shape index (κ3) is 2.35. The molecule has 0 radical (unpaired) electrons. The lowest BCUT2D eigenvalue weighted by atomic mass is 9.96. The number of benzene rings is 1. The number of rotatable bonds is 2. The minimum absolute atomic E-state index is 0.270. The third-order valence-corrected chi connectivity index (χ3v) is 4.44. The highest BCUT2D eigenvalue weighted by molar-refractivity contribution is 6.06. The summed E-state index contributed by atoms with van der Waals surface area (Å²) in [4.78, 5) is 18.2. The van der Waals surface area contributed by atoms with Crippen LogP contribution in [0.4, 0.5) is 5.82 Å². The molecule has 0 amide bonds. The van der Waals surface area contributed by atoms with Gasteiger partial charge >= 0.3 is 5.97 Å². The lowest BCUT2D eigenvalue weighted by Gasteiger charge is -2.40. The molecule has 1 aliphatic rings. The summed E-state index contributed by atoms with van der Waals surface area (Å²) in [5.74, 6) is -0.0136. The van der Waals surface area contributed by atoms with Crippen molar-refractivity contribution in [1.82, 2.24) is 4.98 Å². The predicted molar refractivity (Wildman–Crippen MR) is 84.0 cm³/mol. The Hall–Kier alpha value is -2.10. The summed E-state index contributed by atoms with van der Waals surface area (Å²) < 4.78 is 0. The largest absolute Gasteiger partial charge is 0.478 e. The van der Waals surface area contributed by atoms with E-state index in [4.69, 9.17) is 0 Å². The fraction of sp³-hybridized carbons (Fsp3) is 0.412. The molecule has 1 aliphatic heterocycles. The van der Waals surface area contributed by atoms with Crippen LogP contribution < -0.4 is 4.90 Å². The number of nitrogens with zero attached hydrogens (tertiary/aromatic N) is 2. The molecule has 1 aromatic heterocycles. The second-order valence-electron chi connectivity index (χ2n) is 5.88. The Labute approximate surface area is 124 Å². The number of anilines is 1. The molecule has 4 nitrogen and oxygen atoms in total. The predicted octanol–water partition coefficient (Wildman–Crippen LogP) is 3.70. The van der Waals surface area contributed by atoms with Crippen molar-refractivity contribution in [2.75, 3.05) is 4.90 Å². The summed E-state index contributed by atoms with van der Waals surface area (Å²) in [6.45, 7) is 4.44. The topological polar surface area (TPSA) is 53.4 Å². The van der Waals surface area contributed by atoms with E-state index in [1.165, 1.54) is 12.6 Å². The van der Waals surface area contributed by atoms with Crippen LogP contribution in [-0.2, 0) is 0 Å². The second kappa shape index (κ2) is 5.35. The zero-order chi connectivity index (χ0) is 15.0. The number of fused-ring (bicyclic) bond motifs is 1. The molecule has 2 heterocycles. The highest BCUT2D eigenvalue weighted by atomic mass is 16.4. The number of aromatic nitrogens is 1. The number of hydrogen-bond acceptors (Lipinski definition) is 3. The van der Waals surface area contributed by atoms with Crippen LogP contribution in [0.3, 0.4) is 0 Å². The van der Waals surface area contributed by atoms with E-state index in [0.717, 1.165) is 29.4 Å². The smallest absolute Gasteiger partial charge is 0.337 e. The van der Waals surface area contributed by atoms with E-state index >= 15 is 0 Å². The Morgan fingerprint density at radius 1 is 1.19 bits per heavy atom. The molecule has 110 valence electrons. The van der Waals surface area contributed by atoms with Crippen LogP contribution in [0.25, 0.3) is 10.8 Å². The van der Waals surface area contributed by atoms with Gasteiger partial charge in [0.2, 0.25) is 0 Å². The van der Waals surface area contributed by atoms with Crippen molar-refractivity contribution in [3.05, 3.63) is 36.0 Å². The van der Waals surface area contributed by atoms with Gasteiger partial charge < -0.3 is 10.0 Å². The van der Waals surface area contributed by atoms with Crippen LogP contribution in [0.1, 0.15) is 43.5 Å². The van der Waals surface area contributed by atoms with Crippen molar-refractivity contribution in [2.45, 2.75) is 45.2 Å². The fourth-order valence-electron chi connectivity index (χ4n) is 3.39. The van der Waals surface area contributed by atoms with Crippen molar-refractivity contribution in [3.63, 3.8) is 0 Å². The highest BCUT2D eigenvalue weighted by Crippen LogP contribution is 2.33. The first-order valence-electron chi connectivity index (χ1n) is 7.49. The number of hydrogen-bond donors (Lipinski definition) is 1. The summed E-state index contributed by atoms with van der Waals surface area (Å²) in [6.07, 6.45) is 5.04. The standard InChI is InChI=1S/C17H20N2O2/c1-11-6-5-7-12(2)19(11)16-14-9-4-3-8-13(14)15(10-18-16)17(20)21/h3-4,8-12H,5-7H2,1-2H3,(H,20,21)/t11-,12+. The molecule has 0 bridgehead atoms. The lowest BCUT2D eigenvalue weighted by molar-refractivity contribution is 0.0698. The summed E-state index contributed by atoms with van der Waals surface area (Å²) in [7, 11) is 0. The van der Waals surface area contributed by atoms with E-state index in [-0.39, 0.29) is 5.56 Å². The van der Waals surface area contributed by atoms with Gasteiger partial charge in [-0.2, -0.15) is 0 Å². The third-order valence-electron chi connectivity index (χ3n) is 4.44. The number of carboxylic acids is 1. The van der Waals surface area contributed by atoms with Crippen LogP contribution in [0.15, 0.2) is 30.5 Å². The molecule has 1 N–H and O–H groups in total. The molecule has 4 heteroatoms. The van der Waals surface area contributed by atoms with Gasteiger partial charge in [-0.15, -0.1) is 0 Å². The van der Waals surface area contributed by atoms with E-state index in [9.17, 15) is 9.90 Å². The second-order valence-corrected chi connectivity index (χ2v) is 5.88. The molecule has 1 saturated heterocycles. The van der Waals surface area contributed by atoms with Crippen molar-refractivity contribution in [2.24, 2.45) is 0 Å². The van der Waals surface area contributed by atoms with Gasteiger partial charge in [-0.1, -0.05) is 24.3 Å². The maximum atomic E-state index is 11.4. The molecule has 2 aromatic rings. The van der Waals surface area contributed by atoms with Gasteiger partial charge in [0.25, 0.3) is 0 Å². The SMILES string of the molecule is C[C@@H]1CCC[C@H](C)N1c1ncc(C(=O)O)c2ccccc12. The first-order valence-corrected chi connectivity index (χ1v) is 7.49. The molecule has 0 unspecified atom stereocenters. The average molecular weight is 284 g/mol. The van der Waals surface area contributed by atoms with Crippen LogP contribution in [0, 0.1) is 0 Å². The Bertz CT molecular complexity index is 674. The lowest BCUT2D eigenvalue weighted by Crippen LogP contribution is -2.44. The van der Waals surface area contributed by atoms with Gasteiger partial charge in [-0.3, -0.25) is 0 Å². The summed E-state index contributed by atoms with van der Waals surface area (Å²) in [5, 5.41) is 11.0. The molecular weight excluding hydrogens is 264 g/mol. The minimum Gasteiger partial charge on any atom is -0.478 e. The molecule has 1 aromatic carbocycles. The monoisotopic (exact) mass is 284 g/mol. The van der Waals surface area contributed by atoms with Gasteiger partial charge in [-0.05, 0) is 33.1 Å². The van der Waals surface area contributed by atoms with Crippen LogP contribution >= 0.6 is 0 Å². The van der Waals surface area contributed by atoms with Crippen LogP contribution in [-0.4, -0.2) is 28.1 Å².